The number of hydrogen-bond donors (Lipinski definition) is 12. The molecule has 19 heteroatoms. The number of carbonyl (C=O) groups is 1. The van der Waals surface area contributed by atoms with Gasteiger partial charge in [-0.05, 0) is 19.3 Å². The van der Waals surface area contributed by atoms with Gasteiger partial charge in [0.25, 0.3) is 0 Å². The van der Waals surface area contributed by atoms with E-state index in [1.807, 2.05) is 6.08 Å². The van der Waals surface area contributed by atoms with Crippen LogP contribution >= 0.6 is 0 Å². The van der Waals surface area contributed by atoms with E-state index in [2.05, 4.69) is 19.2 Å². The van der Waals surface area contributed by atoms with E-state index in [0.717, 1.165) is 44.9 Å². The number of amides is 1. The van der Waals surface area contributed by atoms with E-state index in [0.29, 0.717) is 6.42 Å². The van der Waals surface area contributed by atoms with E-state index >= 15 is 0 Å². The fraction of sp³-hybridized carbons (Fsp3) is 0.949. The minimum absolute atomic E-state index is 0.248. The highest BCUT2D eigenvalue weighted by Crippen LogP contribution is 2.33. The van der Waals surface area contributed by atoms with Gasteiger partial charge in [-0.2, -0.15) is 0 Å². The summed E-state index contributed by atoms with van der Waals surface area (Å²) in [6.07, 6.45) is 16.3. The van der Waals surface area contributed by atoms with Gasteiger partial charge < -0.3 is 89.9 Å². The Bertz CT molecular complexity index is 1480. The fourth-order valence-electron chi connectivity index (χ4n) is 10.7. The first-order valence-electron chi connectivity index (χ1n) is 30.9. The summed E-state index contributed by atoms with van der Waals surface area (Å²) in [7, 11) is 0. The van der Waals surface area contributed by atoms with Crippen LogP contribution in [0.1, 0.15) is 226 Å². The zero-order chi connectivity index (χ0) is 56.9. The molecule has 3 rings (SSSR count). The third-order valence-electron chi connectivity index (χ3n) is 15.8. The Hall–Kier alpha value is -1.47. The first kappa shape index (κ1) is 70.8. The first-order valence-corrected chi connectivity index (χ1v) is 30.9. The molecule has 0 aromatic rings. The second-order valence-corrected chi connectivity index (χ2v) is 22.5. The maximum Gasteiger partial charge on any atom is 0.220 e. The Balaban J connectivity index is 1.47. The maximum absolute atomic E-state index is 13.3. The molecular formula is C59H111NO18. The topological polar surface area (TPSA) is 307 Å². The minimum Gasteiger partial charge on any atom is -0.394 e. The molecule has 3 heterocycles. The molecule has 78 heavy (non-hydrogen) atoms. The Kier molecular flexibility index (Phi) is 39.2. The molecule has 17 atom stereocenters. The highest BCUT2D eigenvalue weighted by atomic mass is 16.8. The predicted molar refractivity (Wildman–Crippen MR) is 296 cm³/mol. The van der Waals surface area contributed by atoms with Crippen molar-refractivity contribution >= 4 is 5.91 Å². The van der Waals surface area contributed by atoms with Crippen molar-refractivity contribution in [3.8, 4) is 0 Å². The molecule has 3 aliphatic rings. The van der Waals surface area contributed by atoms with Gasteiger partial charge in [-0.1, -0.05) is 212 Å². The van der Waals surface area contributed by atoms with Crippen molar-refractivity contribution in [1.29, 1.82) is 0 Å². The molecule has 460 valence electrons. The smallest absolute Gasteiger partial charge is 0.220 e. The van der Waals surface area contributed by atoms with Crippen LogP contribution in [-0.4, -0.2) is 193 Å². The van der Waals surface area contributed by atoms with Crippen LogP contribution in [0.4, 0.5) is 0 Å². The van der Waals surface area contributed by atoms with Crippen molar-refractivity contribution in [1.82, 2.24) is 5.32 Å². The molecule has 0 aromatic carbocycles. The number of unbranched alkanes of at least 4 members (excludes halogenated alkanes) is 30. The summed E-state index contributed by atoms with van der Waals surface area (Å²) in [4.78, 5) is 13.3. The average Bonchev–Trinajstić information content (AvgIpc) is 3.48. The summed E-state index contributed by atoms with van der Waals surface area (Å²) in [5.41, 5.74) is 0. The Morgan fingerprint density at radius 2 is 0.795 bits per heavy atom. The van der Waals surface area contributed by atoms with Crippen LogP contribution in [0.15, 0.2) is 12.2 Å². The molecule has 3 fully saturated rings. The van der Waals surface area contributed by atoms with Gasteiger partial charge >= 0.3 is 0 Å². The van der Waals surface area contributed by atoms with Crippen molar-refractivity contribution in [2.75, 3.05) is 26.4 Å². The van der Waals surface area contributed by atoms with Crippen LogP contribution in [0.5, 0.6) is 0 Å². The normalized spacial score (nSPS) is 30.5. The highest BCUT2D eigenvalue weighted by molar-refractivity contribution is 5.76. The second-order valence-electron chi connectivity index (χ2n) is 22.5. The van der Waals surface area contributed by atoms with Gasteiger partial charge in [0.15, 0.2) is 18.9 Å². The van der Waals surface area contributed by atoms with Crippen LogP contribution in [0, 0.1) is 0 Å². The number of ether oxygens (including phenoxy) is 6. The third kappa shape index (κ3) is 26.8. The summed E-state index contributed by atoms with van der Waals surface area (Å²) in [6.45, 7) is 1.72. The average molecular weight is 1120 g/mol. The fourth-order valence-corrected chi connectivity index (χ4v) is 10.7. The third-order valence-corrected chi connectivity index (χ3v) is 15.8. The van der Waals surface area contributed by atoms with E-state index in [4.69, 9.17) is 28.4 Å². The van der Waals surface area contributed by atoms with Crippen LogP contribution in [-0.2, 0) is 33.2 Å². The van der Waals surface area contributed by atoms with Crippen molar-refractivity contribution < 1.29 is 89.4 Å². The van der Waals surface area contributed by atoms with E-state index in [1.54, 1.807) is 6.08 Å². The predicted octanol–water partition coefficient (Wildman–Crippen LogP) is 5.77. The van der Waals surface area contributed by atoms with Crippen molar-refractivity contribution in [2.45, 2.75) is 330 Å². The minimum atomic E-state index is -1.97. The molecule has 17 unspecified atom stereocenters. The molecular weight excluding hydrogens is 1010 g/mol. The maximum atomic E-state index is 13.3. The van der Waals surface area contributed by atoms with E-state index in [1.165, 1.54) is 154 Å². The van der Waals surface area contributed by atoms with Gasteiger partial charge in [0, 0.05) is 6.42 Å². The van der Waals surface area contributed by atoms with Crippen molar-refractivity contribution in [3.05, 3.63) is 12.2 Å². The Morgan fingerprint density at radius 3 is 1.21 bits per heavy atom. The first-order chi connectivity index (χ1) is 37.8. The van der Waals surface area contributed by atoms with Gasteiger partial charge in [0.2, 0.25) is 5.91 Å². The number of rotatable bonds is 46. The molecule has 1 amide bonds. The molecule has 0 spiro atoms. The monoisotopic (exact) mass is 1120 g/mol. The van der Waals surface area contributed by atoms with E-state index in [9.17, 15) is 61.0 Å². The number of hydrogen-bond acceptors (Lipinski definition) is 18. The zero-order valence-corrected chi connectivity index (χ0v) is 47.9. The van der Waals surface area contributed by atoms with Gasteiger partial charge in [0.05, 0.1) is 38.6 Å². The molecule has 12 N–H and O–H groups in total. The molecule has 19 nitrogen and oxygen atoms in total. The summed E-state index contributed by atoms with van der Waals surface area (Å²) < 4.78 is 34.2. The SMILES string of the molecule is CCCCCCCCCCCCCCCCCCCCCC/C=C/C(O)C(COC1OC(CO)C(OC2OC(CO)C(OC3OC(CO)C(O)C(O)C3O)C(O)C2O)C(O)C1O)NC(=O)CCCCCCCCCCCCC. The number of carbonyl (C=O) groups excluding carboxylic acids is 1. The second kappa shape index (κ2) is 43.2. The molecule has 3 aliphatic heterocycles. The lowest BCUT2D eigenvalue weighted by Gasteiger charge is -2.48. The Morgan fingerprint density at radius 1 is 0.449 bits per heavy atom. The largest absolute Gasteiger partial charge is 0.394 e. The van der Waals surface area contributed by atoms with Gasteiger partial charge in [-0.25, -0.2) is 0 Å². The van der Waals surface area contributed by atoms with Crippen molar-refractivity contribution in [3.63, 3.8) is 0 Å². The Labute approximate surface area is 467 Å². The molecule has 0 aromatic heterocycles. The standard InChI is InChI=1S/C59H111NO18/c1-3-5-7-9-11-13-15-16-17-18-19-20-21-22-23-24-25-27-28-30-32-34-36-43(64)42(60-47(65)37-35-33-31-29-26-14-12-10-8-6-4-2)41-73-57-53(71)50(68)55(45(39-62)75-57)78-59-54(72)51(69)56(46(40-63)76-59)77-58-52(70)49(67)48(66)44(38-61)74-58/h34,36,42-46,48-59,61-64,66-72H,3-33,35,37-41H2,1-2H3,(H,60,65)/b36-34+. The number of aliphatic hydroxyl groups excluding tert-OH is 11. The molecule has 0 aliphatic carbocycles. The lowest BCUT2D eigenvalue weighted by Crippen LogP contribution is -2.66. The van der Waals surface area contributed by atoms with Crippen LogP contribution in [0.25, 0.3) is 0 Å². The quantitative estimate of drug-likeness (QED) is 0.0254. The summed E-state index contributed by atoms with van der Waals surface area (Å²) in [6, 6.07) is -0.966. The molecule has 3 saturated heterocycles. The summed E-state index contributed by atoms with van der Waals surface area (Å²) in [5.74, 6) is -0.275. The van der Waals surface area contributed by atoms with Gasteiger partial charge in [-0.15, -0.1) is 0 Å². The molecule has 0 saturated carbocycles. The molecule has 0 radical (unpaired) electrons. The van der Waals surface area contributed by atoms with E-state index < -0.39 is 124 Å². The summed E-state index contributed by atoms with van der Waals surface area (Å²) >= 11 is 0. The highest BCUT2D eigenvalue weighted by Gasteiger charge is 2.53. The lowest BCUT2D eigenvalue weighted by molar-refractivity contribution is -0.379. The van der Waals surface area contributed by atoms with Crippen LogP contribution < -0.4 is 5.32 Å². The van der Waals surface area contributed by atoms with Gasteiger partial charge in [-0.3, -0.25) is 4.79 Å². The van der Waals surface area contributed by atoms with Crippen LogP contribution in [0.2, 0.25) is 0 Å². The zero-order valence-electron chi connectivity index (χ0n) is 47.9. The molecule has 0 bridgehead atoms. The number of nitrogens with one attached hydrogen (secondary N) is 1. The van der Waals surface area contributed by atoms with E-state index in [-0.39, 0.29) is 18.9 Å². The van der Waals surface area contributed by atoms with Crippen LogP contribution in [0.3, 0.4) is 0 Å². The number of allylic oxidation sites excluding steroid dienone is 1. The summed E-state index contributed by atoms with van der Waals surface area (Å²) in [5, 5.41) is 120. The van der Waals surface area contributed by atoms with Gasteiger partial charge in [0.1, 0.15) is 73.2 Å². The van der Waals surface area contributed by atoms with Crippen molar-refractivity contribution in [2.24, 2.45) is 0 Å². The number of aliphatic hydroxyl groups is 11. The lowest BCUT2D eigenvalue weighted by atomic mass is 9.96.